The van der Waals surface area contributed by atoms with E-state index in [1.165, 1.54) is 16.7 Å². The van der Waals surface area contributed by atoms with Crippen molar-refractivity contribution < 1.29 is 4.79 Å². The summed E-state index contributed by atoms with van der Waals surface area (Å²) in [6, 6.07) is 6.33. The summed E-state index contributed by atoms with van der Waals surface area (Å²) in [5, 5.41) is 3.43. The SMILES string of the molecule is Cc1ccc(C2NC(C)C(=O)N2CC(C)(C)C)c(C)c1. The Kier molecular flexibility index (Phi) is 3.92. The average Bonchev–Trinajstić information content (AvgIpc) is 2.55. The van der Waals surface area contributed by atoms with Crippen LogP contribution in [0.4, 0.5) is 0 Å². The molecule has 3 heteroatoms. The Labute approximate surface area is 122 Å². The number of carbonyl (C=O) groups is 1. The minimum atomic E-state index is -0.108. The second-order valence-corrected chi connectivity index (χ2v) is 7.18. The lowest BCUT2D eigenvalue weighted by Crippen LogP contribution is -2.37. The Morgan fingerprint density at radius 3 is 2.45 bits per heavy atom. The third-order valence-electron chi connectivity index (χ3n) is 3.74. The van der Waals surface area contributed by atoms with E-state index in [1.807, 2.05) is 11.8 Å². The molecule has 3 nitrogen and oxygen atoms in total. The maximum Gasteiger partial charge on any atom is 0.241 e. The van der Waals surface area contributed by atoms with Crippen LogP contribution in [0.5, 0.6) is 0 Å². The number of nitrogens with zero attached hydrogens (tertiary/aromatic N) is 1. The average molecular weight is 274 g/mol. The zero-order chi connectivity index (χ0) is 15.1. The quantitative estimate of drug-likeness (QED) is 0.898. The van der Waals surface area contributed by atoms with Gasteiger partial charge in [-0.1, -0.05) is 44.5 Å². The van der Waals surface area contributed by atoms with Gasteiger partial charge in [0.15, 0.2) is 0 Å². The van der Waals surface area contributed by atoms with Gasteiger partial charge in [0, 0.05) is 6.54 Å². The van der Waals surface area contributed by atoms with E-state index in [9.17, 15) is 4.79 Å². The van der Waals surface area contributed by atoms with E-state index in [4.69, 9.17) is 0 Å². The lowest BCUT2D eigenvalue weighted by Gasteiger charge is -2.32. The Balaban J connectivity index is 2.35. The van der Waals surface area contributed by atoms with Crippen LogP contribution in [0.2, 0.25) is 0 Å². The predicted octanol–water partition coefficient (Wildman–Crippen LogP) is 3.17. The highest BCUT2D eigenvalue weighted by Crippen LogP contribution is 2.31. The number of nitrogens with one attached hydrogen (secondary N) is 1. The molecule has 0 saturated carbocycles. The number of amides is 1. The molecular formula is C17H26N2O. The highest BCUT2D eigenvalue weighted by molar-refractivity contribution is 5.84. The van der Waals surface area contributed by atoms with E-state index in [2.05, 4.69) is 58.1 Å². The maximum atomic E-state index is 12.4. The molecule has 1 saturated heterocycles. The molecule has 1 aliphatic heterocycles. The van der Waals surface area contributed by atoms with Gasteiger partial charge in [0.2, 0.25) is 5.91 Å². The largest absolute Gasteiger partial charge is 0.321 e. The molecule has 2 atom stereocenters. The van der Waals surface area contributed by atoms with E-state index in [0.29, 0.717) is 0 Å². The second kappa shape index (κ2) is 5.21. The highest BCUT2D eigenvalue weighted by atomic mass is 16.2. The second-order valence-electron chi connectivity index (χ2n) is 7.18. The van der Waals surface area contributed by atoms with Gasteiger partial charge in [-0.2, -0.15) is 0 Å². The summed E-state index contributed by atoms with van der Waals surface area (Å²) >= 11 is 0. The van der Waals surface area contributed by atoms with Crippen molar-refractivity contribution in [1.29, 1.82) is 0 Å². The standard InChI is InChI=1S/C17H26N2O/c1-11-7-8-14(12(2)9-11)15-18-13(3)16(20)19(15)10-17(4,5)6/h7-9,13,15,18H,10H2,1-6H3. The van der Waals surface area contributed by atoms with Crippen LogP contribution in [0, 0.1) is 19.3 Å². The summed E-state index contributed by atoms with van der Waals surface area (Å²) in [6.45, 7) is 13.4. The molecule has 1 aliphatic rings. The van der Waals surface area contributed by atoms with Crippen LogP contribution in [-0.2, 0) is 4.79 Å². The highest BCUT2D eigenvalue weighted by Gasteiger charge is 2.39. The van der Waals surface area contributed by atoms with Gasteiger partial charge in [-0.15, -0.1) is 0 Å². The first kappa shape index (κ1) is 15.0. The van der Waals surface area contributed by atoms with Crippen molar-refractivity contribution in [1.82, 2.24) is 10.2 Å². The number of benzene rings is 1. The third kappa shape index (κ3) is 3.04. The van der Waals surface area contributed by atoms with Gasteiger partial charge < -0.3 is 4.90 Å². The first-order chi connectivity index (χ1) is 9.19. The molecule has 0 radical (unpaired) electrons. The first-order valence-electron chi connectivity index (χ1n) is 7.33. The van der Waals surface area contributed by atoms with Crippen molar-refractivity contribution >= 4 is 5.91 Å². The zero-order valence-corrected chi connectivity index (χ0v) is 13.4. The topological polar surface area (TPSA) is 32.3 Å². The number of rotatable bonds is 2. The van der Waals surface area contributed by atoms with E-state index in [1.54, 1.807) is 0 Å². The van der Waals surface area contributed by atoms with Gasteiger partial charge in [0.05, 0.1) is 6.04 Å². The Morgan fingerprint density at radius 2 is 1.90 bits per heavy atom. The van der Waals surface area contributed by atoms with Gasteiger partial charge >= 0.3 is 0 Å². The number of hydrogen-bond acceptors (Lipinski definition) is 2. The molecule has 1 heterocycles. The van der Waals surface area contributed by atoms with E-state index in [-0.39, 0.29) is 23.5 Å². The maximum absolute atomic E-state index is 12.4. The van der Waals surface area contributed by atoms with Crippen LogP contribution >= 0.6 is 0 Å². The minimum Gasteiger partial charge on any atom is -0.321 e. The lowest BCUT2D eigenvalue weighted by molar-refractivity contribution is -0.131. The predicted molar refractivity (Wildman–Crippen MR) is 82.4 cm³/mol. The van der Waals surface area contributed by atoms with Gasteiger partial charge in [-0.05, 0) is 37.3 Å². The van der Waals surface area contributed by atoms with Crippen LogP contribution in [0.3, 0.4) is 0 Å². The molecule has 0 bridgehead atoms. The fraction of sp³-hybridized carbons (Fsp3) is 0.588. The monoisotopic (exact) mass is 274 g/mol. The first-order valence-corrected chi connectivity index (χ1v) is 7.33. The van der Waals surface area contributed by atoms with Gasteiger partial charge in [0.1, 0.15) is 6.17 Å². The Bertz CT molecular complexity index is 516. The molecule has 110 valence electrons. The lowest BCUT2D eigenvalue weighted by atomic mass is 9.95. The van der Waals surface area contributed by atoms with Crippen LogP contribution in [0.15, 0.2) is 18.2 Å². The van der Waals surface area contributed by atoms with Crippen molar-refractivity contribution in [2.75, 3.05) is 6.54 Å². The van der Waals surface area contributed by atoms with Gasteiger partial charge in [-0.25, -0.2) is 0 Å². The number of carbonyl (C=O) groups excluding carboxylic acids is 1. The molecule has 0 spiro atoms. The van der Waals surface area contributed by atoms with Gasteiger partial charge in [0.25, 0.3) is 0 Å². The molecule has 1 aromatic rings. The smallest absolute Gasteiger partial charge is 0.241 e. The van der Waals surface area contributed by atoms with Crippen LogP contribution in [0.1, 0.15) is 50.6 Å². The Hall–Kier alpha value is -1.35. The fourth-order valence-electron chi connectivity index (χ4n) is 2.84. The van der Waals surface area contributed by atoms with Gasteiger partial charge in [-0.3, -0.25) is 10.1 Å². The molecule has 2 unspecified atom stereocenters. The third-order valence-corrected chi connectivity index (χ3v) is 3.74. The molecule has 0 aliphatic carbocycles. The Morgan fingerprint density at radius 1 is 1.25 bits per heavy atom. The summed E-state index contributed by atoms with van der Waals surface area (Å²) in [4.78, 5) is 14.4. The zero-order valence-electron chi connectivity index (χ0n) is 13.4. The molecule has 0 aromatic heterocycles. The van der Waals surface area contributed by atoms with Crippen LogP contribution in [-0.4, -0.2) is 23.4 Å². The molecular weight excluding hydrogens is 248 g/mol. The molecule has 1 aromatic carbocycles. The number of hydrogen-bond donors (Lipinski definition) is 1. The summed E-state index contributed by atoms with van der Waals surface area (Å²) in [5.41, 5.74) is 3.80. The summed E-state index contributed by atoms with van der Waals surface area (Å²) < 4.78 is 0. The van der Waals surface area contributed by atoms with E-state index >= 15 is 0 Å². The normalized spacial score (nSPS) is 23.5. The van der Waals surface area contributed by atoms with Crippen molar-refractivity contribution in [3.63, 3.8) is 0 Å². The molecule has 1 N–H and O–H groups in total. The molecule has 1 fully saturated rings. The van der Waals surface area contributed by atoms with E-state index in [0.717, 1.165) is 6.54 Å². The number of aryl methyl sites for hydroxylation is 2. The summed E-state index contributed by atoms with van der Waals surface area (Å²) in [5.74, 6) is 0.199. The van der Waals surface area contributed by atoms with Crippen LogP contribution < -0.4 is 5.32 Å². The molecule has 1 amide bonds. The molecule has 20 heavy (non-hydrogen) atoms. The molecule has 2 rings (SSSR count). The fourth-order valence-corrected chi connectivity index (χ4v) is 2.84. The summed E-state index contributed by atoms with van der Waals surface area (Å²) in [7, 11) is 0. The van der Waals surface area contributed by atoms with Crippen molar-refractivity contribution in [3.8, 4) is 0 Å². The van der Waals surface area contributed by atoms with Crippen molar-refractivity contribution in [2.45, 2.75) is 53.8 Å². The van der Waals surface area contributed by atoms with Crippen molar-refractivity contribution in [2.24, 2.45) is 5.41 Å². The van der Waals surface area contributed by atoms with Crippen LogP contribution in [0.25, 0.3) is 0 Å². The summed E-state index contributed by atoms with van der Waals surface area (Å²) in [6.07, 6.45) is -0.00248. The minimum absolute atomic E-state index is 0.00248. The van der Waals surface area contributed by atoms with Crippen molar-refractivity contribution in [3.05, 3.63) is 34.9 Å². The van der Waals surface area contributed by atoms with E-state index < -0.39 is 0 Å².